The second kappa shape index (κ2) is 4.66. The largest absolute Gasteiger partial charge is 0.339 e. The van der Waals surface area contributed by atoms with Gasteiger partial charge in [0, 0.05) is 43.3 Å². The summed E-state index contributed by atoms with van der Waals surface area (Å²) in [6.07, 6.45) is 3.72. The number of aromatic nitrogens is 2. The number of nitrogens with two attached hydrogens (primary N) is 1. The summed E-state index contributed by atoms with van der Waals surface area (Å²) in [4.78, 5) is 14.3. The summed E-state index contributed by atoms with van der Waals surface area (Å²) in [5.74, 6) is 0.0828. The molecule has 1 saturated heterocycles. The first-order valence-electron chi connectivity index (χ1n) is 6.62. The van der Waals surface area contributed by atoms with E-state index in [4.69, 9.17) is 5.73 Å². The first-order valence-corrected chi connectivity index (χ1v) is 6.62. The van der Waals surface area contributed by atoms with Crippen LogP contribution in [-0.4, -0.2) is 39.7 Å². The molecule has 5 heteroatoms. The van der Waals surface area contributed by atoms with Crippen molar-refractivity contribution < 1.29 is 4.79 Å². The van der Waals surface area contributed by atoms with Gasteiger partial charge in [-0.05, 0) is 25.0 Å². The van der Waals surface area contributed by atoms with Gasteiger partial charge >= 0.3 is 0 Å². The van der Waals surface area contributed by atoms with Crippen molar-refractivity contribution in [1.29, 1.82) is 0 Å². The lowest BCUT2D eigenvalue weighted by atomic mass is 10.0. The predicted octanol–water partition coefficient (Wildman–Crippen LogP) is 1.14. The summed E-state index contributed by atoms with van der Waals surface area (Å²) in [6.45, 7) is 1.50. The van der Waals surface area contributed by atoms with Crippen LogP contribution in [0.4, 0.5) is 0 Å². The normalized spacial score (nSPS) is 17.1. The van der Waals surface area contributed by atoms with Crippen molar-refractivity contribution in [1.82, 2.24) is 14.7 Å². The second-order valence-electron chi connectivity index (χ2n) is 5.21. The Hall–Kier alpha value is -1.88. The zero-order chi connectivity index (χ0) is 13.4. The highest BCUT2D eigenvalue weighted by Crippen LogP contribution is 2.17. The summed E-state index contributed by atoms with van der Waals surface area (Å²) in [5, 5.41) is 5.39. The molecule has 0 unspecified atom stereocenters. The molecular formula is C14H18N4O. The number of carbonyl (C=O) groups excluding carboxylic acids is 1. The molecule has 0 aliphatic carbocycles. The van der Waals surface area contributed by atoms with Crippen LogP contribution in [0, 0.1) is 0 Å². The lowest BCUT2D eigenvalue weighted by Gasteiger charge is -2.30. The van der Waals surface area contributed by atoms with Crippen LogP contribution in [-0.2, 0) is 7.05 Å². The summed E-state index contributed by atoms with van der Waals surface area (Å²) >= 11 is 0. The molecule has 2 heterocycles. The van der Waals surface area contributed by atoms with Crippen molar-refractivity contribution in [3.8, 4) is 0 Å². The average molecular weight is 258 g/mol. The topological polar surface area (TPSA) is 64.2 Å². The van der Waals surface area contributed by atoms with E-state index in [1.807, 2.05) is 36.3 Å². The van der Waals surface area contributed by atoms with Crippen LogP contribution in [0.25, 0.3) is 10.9 Å². The SMILES string of the molecule is Cn1cc2ccc(C(=O)N3CCC(N)CC3)cc2n1. The number of nitrogens with zero attached hydrogens (tertiary/aromatic N) is 3. The number of hydrogen-bond donors (Lipinski definition) is 1. The van der Waals surface area contributed by atoms with Gasteiger partial charge in [-0.1, -0.05) is 6.07 Å². The van der Waals surface area contributed by atoms with Crippen molar-refractivity contribution >= 4 is 16.8 Å². The van der Waals surface area contributed by atoms with E-state index in [1.165, 1.54) is 0 Å². The Morgan fingerprint density at radius 3 is 2.84 bits per heavy atom. The quantitative estimate of drug-likeness (QED) is 0.834. The maximum atomic E-state index is 12.4. The molecule has 1 aromatic carbocycles. The van der Waals surface area contributed by atoms with Gasteiger partial charge in [0.05, 0.1) is 5.52 Å². The Morgan fingerprint density at radius 2 is 2.11 bits per heavy atom. The molecule has 1 fully saturated rings. The van der Waals surface area contributed by atoms with Gasteiger partial charge in [-0.15, -0.1) is 0 Å². The second-order valence-corrected chi connectivity index (χ2v) is 5.21. The summed E-state index contributed by atoms with van der Waals surface area (Å²) in [5.41, 5.74) is 7.44. The van der Waals surface area contributed by atoms with Gasteiger partial charge in [-0.25, -0.2) is 0 Å². The molecule has 1 aliphatic rings. The van der Waals surface area contributed by atoms with Gasteiger partial charge in [0.2, 0.25) is 0 Å². The van der Waals surface area contributed by atoms with Crippen LogP contribution in [0.5, 0.6) is 0 Å². The van der Waals surface area contributed by atoms with Gasteiger partial charge in [0.15, 0.2) is 0 Å². The van der Waals surface area contributed by atoms with Crippen LogP contribution in [0.15, 0.2) is 24.4 Å². The highest BCUT2D eigenvalue weighted by Gasteiger charge is 2.21. The first kappa shape index (κ1) is 12.2. The van der Waals surface area contributed by atoms with Crippen LogP contribution >= 0.6 is 0 Å². The van der Waals surface area contributed by atoms with Gasteiger partial charge in [0.25, 0.3) is 5.91 Å². The molecule has 1 aliphatic heterocycles. The molecule has 3 rings (SSSR count). The van der Waals surface area contributed by atoms with Crippen molar-refractivity contribution in [2.24, 2.45) is 12.8 Å². The molecule has 19 heavy (non-hydrogen) atoms. The van der Waals surface area contributed by atoms with Gasteiger partial charge in [-0.3, -0.25) is 9.48 Å². The number of piperidine rings is 1. The Labute approximate surface area is 112 Å². The van der Waals surface area contributed by atoms with E-state index in [0.717, 1.165) is 36.8 Å². The molecule has 2 aromatic rings. The highest BCUT2D eigenvalue weighted by molar-refractivity contribution is 5.97. The van der Waals surface area contributed by atoms with E-state index in [9.17, 15) is 4.79 Å². The van der Waals surface area contributed by atoms with Crippen LogP contribution in [0.3, 0.4) is 0 Å². The van der Waals surface area contributed by atoms with Crippen molar-refractivity contribution in [2.75, 3.05) is 13.1 Å². The average Bonchev–Trinajstić information content (AvgIpc) is 2.77. The van der Waals surface area contributed by atoms with Gasteiger partial charge in [-0.2, -0.15) is 5.10 Å². The molecule has 5 nitrogen and oxygen atoms in total. The smallest absolute Gasteiger partial charge is 0.253 e. The fraction of sp³-hybridized carbons (Fsp3) is 0.429. The summed E-state index contributed by atoms with van der Waals surface area (Å²) in [7, 11) is 1.88. The summed E-state index contributed by atoms with van der Waals surface area (Å²) in [6, 6.07) is 5.93. The number of fused-ring (bicyclic) bond motifs is 1. The van der Waals surface area contributed by atoms with E-state index in [1.54, 1.807) is 4.68 Å². The molecule has 1 amide bonds. The molecular weight excluding hydrogens is 240 g/mol. The Balaban J connectivity index is 1.84. The van der Waals surface area contributed by atoms with Crippen molar-refractivity contribution in [3.63, 3.8) is 0 Å². The highest BCUT2D eigenvalue weighted by atomic mass is 16.2. The van der Waals surface area contributed by atoms with Crippen LogP contribution in [0.1, 0.15) is 23.2 Å². The lowest BCUT2D eigenvalue weighted by Crippen LogP contribution is -2.42. The fourth-order valence-electron chi connectivity index (χ4n) is 2.56. The molecule has 0 radical (unpaired) electrons. The first-order chi connectivity index (χ1) is 9.13. The Morgan fingerprint density at radius 1 is 1.37 bits per heavy atom. The maximum absolute atomic E-state index is 12.4. The number of benzene rings is 1. The third kappa shape index (κ3) is 2.33. The molecule has 0 saturated carbocycles. The van der Waals surface area contributed by atoms with Crippen molar-refractivity contribution in [2.45, 2.75) is 18.9 Å². The molecule has 0 atom stereocenters. The zero-order valence-corrected chi connectivity index (χ0v) is 11.0. The molecule has 0 bridgehead atoms. The van der Waals surface area contributed by atoms with Gasteiger partial charge < -0.3 is 10.6 Å². The van der Waals surface area contributed by atoms with E-state index >= 15 is 0 Å². The maximum Gasteiger partial charge on any atom is 0.253 e. The van der Waals surface area contributed by atoms with Crippen molar-refractivity contribution in [3.05, 3.63) is 30.0 Å². The van der Waals surface area contributed by atoms with Gasteiger partial charge in [0.1, 0.15) is 0 Å². The minimum Gasteiger partial charge on any atom is -0.339 e. The number of amides is 1. The summed E-state index contributed by atoms with van der Waals surface area (Å²) < 4.78 is 1.76. The predicted molar refractivity (Wildman–Crippen MR) is 73.8 cm³/mol. The van der Waals surface area contributed by atoms with Crippen LogP contribution < -0.4 is 5.73 Å². The van der Waals surface area contributed by atoms with E-state index in [0.29, 0.717) is 5.56 Å². The van der Waals surface area contributed by atoms with E-state index in [2.05, 4.69) is 5.10 Å². The zero-order valence-electron chi connectivity index (χ0n) is 11.0. The number of likely N-dealkylation sites (tertiary alicyclic amines) is 1. The van der Waals surface area contributed by atoms with E-state index < -0.39 is 0 Å². The Bertz CT molecular complexity index is 611. The third-order valence-electron chi connectivity index (χ3n) is 3.70. The fourth-order valence-corrected chi connectivity index (χ4v) is 2.56. The standard InChI is InChI=1S/C14H18N4O/c1-17-9-11-3-2-10(8-13(11)16-17)14(19)18-6-4-12(15)5-7-18/h2-3,8-9,12H,4-7,15H2,1H3. The minimum absolute atomic E-state index is 0.0828. The number of hydrogen-bond acceptors (Lipinski definition) is 3. The number of carbonyl (C=O) groups is 1. The monoisotopic (exact) mass is 258 g/mol. The number of rotatable bonds is 1. The third-order valence-corrected chi connectivity index (χ3v) is 3.70. The molecule has 100 valence electrons. The van der Waals surface area contributed by atoms with Crippen LogP contribution in [0.2, 0.25) is 0 Å². The lowest BCUT2D eigenvalue weighted by molar-refractivity contribution is 0.0715. The molecule has 0 spiro atoms. The molecule has 1 aromatic heterocycles. The number of aryl methyl sites for hydroxylation is 1. The molecule has 2 N–H and O–H groups in total. The van der Waals surface area contributed by atoms with E-state index in [-0.39, 0.29) is 11.9 Å². The minimum atomic E-state index is 0.0828. The Kier molecular flexibility index (Phi) is 2.98.